The smallest absolute Gasteiger partial charge is 0.323 e. The third-order valence-corrected chi connectivity index (χ3v) is 1.10. The number of hydrogen-bond acceptors (Lipinski definition) is 2. The van der Waals surface area contributed by atoms with Crippen molar-refractivity contribution in [1.82, 2.24) is 4.90 Å². The van der Waals surface area contributed by atoms with Crippen molar-refractivity contribution in [3.63, 3.8) is 0 Å². The van der Waals surface area contributed by atoms with Gasteiger partial charge in [-0.25, -0.2) is 0 Å². The van der Waals surface area contributed by atoms with E-state index in [-0.39, 0.29) is 24.9 Å². The predicted molar refractivity (Wildman–Crippen MR) is 35.6 cm³/mol. The van der Waals surface area contributed by atoms with Crippen LogP contribution in [0.3, 0.4) is 0 Å². The standard InChI is InChI=1S/C6H11NO3.ClH/c1-3-5(8)7(2)4-6(9)10;/h3-4H2,1-2H3,(H,9,10);1H/p-1. The van der Waals surface area contributed by atoms with Crippen LogP contribution in [0.4, 0.5) is 0 Å². The van der Waals surface area contributed by atoms with Gasteiger partial charge in [0.25, 0.3) is 0 Å². The van der Waals surface area contributed by atoms with E-state index in [2.05, 4.69) is 0 Å². The first-order chi connectivity index (χ1) is 4.57. The number of rotatable bonds is 3. The van der Waals surface area contributed by atoms with Crippen molar-refractivity contribution in [2.75, 3.05) is 13.6 Å². The van der Waals surface area contributed by atoms with Crippen molar-refractivity contribution < 1.29 is 27.1 Å². The lowest BCUT2D eigenvalue weighted by molar-refractivity contribution is -0.143. The number of aliphatic carboxylic acids is 1. The molecule has 0 atom stereocenters. The summed E-state index contributed by atoms with van der Waals surface area (Å²) >= 11 is 0. The number of likely N-dealkylation sites (N-methyl/N-ethyl adjacent to an activating group) is 1. The van der Waals surface area contributed by atoms with E-state index in [1.54, 1.807) is 6.92 Å². The fourth-order valence-corrected chi connectivity index (χ4v) is 0.561. The van der Waals surface area contributed by atoms with Crippen molar-refractivity contribution in [1.29, 1.82) is 0 Å². The Bertz CT molecular complexity index is 149. The van der Waals surface area contributed by atoms with Gasteiger partial charge in [0.1, 0.15) is 6.54 Å². The molecule has 4 nitrogen and oxygen atoms in total. The van der Waals surface area contributed by atoms with Crippen molar-refractivity contribution in [3.05, 3.63) is 0 Å². The van der Waals surface area contributed by atoms with Gasteiger partial charge >= 0.3 is 5.97 Å². The van der Waals surface area contributed by atoms with Gasteiger partial charge in [-0.05, 0) is 0 Å². The van der Waals surface area contributed by atoms with Gasteiger partial charge in [0.2, 0.25) is 5.91 Å². The molecule has 0 radical (unpaired) electrons. The number of nitrogens with zero attached hydrogens (tertiary/aromatic N) is 1. The summed E-state index contributed by atoms with van der Waals surface area (Å²) in [6.45, 7) is 1.48. The van der Waals surface area contributed by atoms with Gasteiger partial charge < -0.3 is 22.4 Å². The zero-order valence-electron chi connectivity index (χ0n) is 6.50. The number of hydrogen-bond donors (Lipinski definition) is 1. The van der Waals surface area contributed by atoms with Gasteiger partial charge in [-0.3, -0.25) is 9.59 Å². The number of halogens is 1. The molecule has 0 aromatic rings. The van der Waals surface area contributed by atoms with Gasteiger partial charge in [0.05, 0.1) is 0 Å². The first-order valence-corrected chi connectivity index (χ1v) is 3.03. The minimum Gasteiger partial charge on any atom is -1.00 e. The number of carbonyl (C=O) groups excluding carboxylic acids is 1. The molecule has 0 spiro atoms. The highest BCUT2D eigenvalue weighted by Gasteiger charge is 2.08. The third-order valence-electron chi connectivity index (χ3n) is 1.10. The lowest BCUT2D eigenvalue weighted by Crippen LogP contribution is -3.00. The summed E-state index contributed by atoms with van der Waals surface area (Å²) in [5, 5.41) is 8.23. The molecule has 1 N–H and O–H groups in total. The first kappa shape index (κ1) is 12.9. The molecule has 0 aliphatic heterocycles. The summed E-state index contributed by atoms with van der Waals surface area (Å²) in [5.41, 5.74) is 0. The highest BCUT2D eigenvalue weighted by Crippen LogP contribution is 1.87. The van der Waals surface area contributed by atoms with Crippen LogP contribution in [0.1, 0.15) is 13.3 Å². The van der Waals surface area contributed by atoms with Gasteiger partial charge in [0, 0.05) is 13.5 Å². The Labute approximate surface area is 71.6 Å². The number of amides is 1. The largest absolute Gasteiger partial charge is 1.00 e. The van der Waals surface area contributed by atoms with Crippen LogP contribution in [0.2, 0.25) is 0 Å². The lowest BCUT2D eigenvalue weighted by atomic mass is 10.4. The lowest BCUT2D eigenvalue weighted by Gasteiger charge is -2.12. The van der Waals surface area contributed by atoms with Crippen molar-refractivity contribution in [3.8, 4) is 0 Å². The maximum absolute atomic E-state index is 10.7. The molecule has 0 saturated carbocycles. The average molecular weight is 181 g/mol. The second-order valence-electron chi connectivity index (χ2n) is 2.00. The van der Waals surface area contributed by atoms with Crippen LogP contribution in [0, 0.1) is 0 Å². The minimum atomic E-state index is -0.982. The normalized spacial score (nSPS) is 8.18. The molecule has 0 unspecified atom stereocenters. The Morgan fingerprint density at radius 2 is 1.91 bits per heavy atom. The highest BCUT2D eigenvalue weighted by atomic mass is 35.5. The molecular formula is C6H11ClNO3-. The van der Waals surface area contributed by atoms with Crippen LogP contribution in [-0.2, 0) is 9.59 Å². The van der Waals surface area contributed by atoms with Crippen LogP contribution in [0.5, 0.6) is 0 Å². The van der Waals surface area contributed by atoms with Gasteiger partial charge in [-0.2, -0.15) is 0 Å². The van der Waals surface area contributed by atoms with Crippen LogP contribution in [0.15, 0.2) is 0 Å². The van der Waals surface area contributed by atoms with E-state index in [9.17, 15) is 9.59 Å². The summed E-state index contributed by atoms with van der Waals surface area (Å²) in [6.07, 6.45) is 0.351. The maximum Gasteiger partial charge on any atom is 0.323 e. The van der Waals surface area contributed by atoms with Crippen LogP contribution >= 0.6 is 0 Å². The van der Waals surface area contributed by atoms with Crippen molar-refractivity contribution in [2.45, 2.75) is 13.3 Å². The Morgan fingerprint density at radius 3 is 2.18 bits per heavy atom. The fraction of sp³-hybridized carbons (Fsp3) is 0.667. The summed E-state index contributed by atoms with van der Waals surface area (Å²) in [5.74, 6) is -1.13. The Kier molecular flexibility index (Phi) is 6.99. The molecule has 0 saturated heterocycles. The van der Waals surface area contributed by atoms with Gasteiger partial charge in [-0.15, -0.1) is 0 Å². The molecule has 66 valence electrons. The predicted octanol–water partition coefficient (Wildman–Crippen LogP) is -3.06. The van der Waals surface area contributed by atoms with E-state index < -0.39 is 5.97 Å². The number of carboxylic acid groups (broad SMARTS) is 1. The quantitative estimate of drug-likeness (QED) is 0.502. The van der Waals surface area contributed by atoms with Gasteiger partial charge in [-0.1, -0.05) is 6.92 Å². The number of carboxylic acids is 1. The molecule has 0 fully saturated rings. The molecule has 0 aliphatic carbocycles. The van der Waals surface area contributed by atoms with E-state index in [4.69, 9.17) is 5.11 Å². The Balaban J connectivity index is 0. The minimum absolute atomic E-state index is 0. The summed E-state index contributed by atoms with van der Waals surface area (Å²) in [4.78, 5) is 21.9. The molecule has 0 aliphatic rings. The first-order valence-electron chi connectivity index (χ1n) is 3.03. The van der Waals surface area contributed by atoms with Gasteiger partial charge in [0.15, 0.2) is 0 Å². The van der Waals surface area contributed by atoms with Crippen molar-refractivity contribution >= 4 is 11.9 Å². The van der Waals surface area contributed by atoms with Crippen LogP contribution in [-0.4, -0.2) is 35.5 Å². The van der Waals surface area contributed by atoms with E-state index in [1.165, 1.54) is 11.9 Å². The molecule has 0 aromatic heterocycles. The summed E-state index contributed by atoms with van der Waals surface area (Å²) in [7, 11) is 1.47. The molecule has 11 heavy (non-hydrogen) atoms. The molecule has 0 aromatic carbocycles. The Hall–Kier alpha value is -0.770. The van der Waals surface area contributed by atoms with E-state index in [0.29, 0.717) is 6.42 Å². The monoisotopic (exact) mass is 180 g/mol. The maximum atomic E-state index is 10.7. The average Bonchev–Trinajstić information content (AvgIpc) is 1.85. The van der Waals surface area contributed by atoms with E-state index in [0.717, 1.165) is 0 Å². The zero-order valence-corrected chi connectivity index (χ0v) is 7.26. The fourth-order valence-electron chi connectivity index (χ4n) is 0.561. The SMILES string of the molecule is CCC(=O)N(C)CC(=O)O.[Cl-]. The number of carbonyl (C=O) groups is 2. The zero-order chi connectivity index (χ0) is 8.15. The van der Waals surface area contributed by atoms with Crippen LogP contribution in [0.25, 0.3) is 0 Å². The molecule has 0 rings (SSSR count). The topological polar surface area (TPSA) is 57.6 Å². The van der Waals surface area contributed by atoms with Crippen molar-refractivity contribution in [2.24, 2.45) is 0 Å². The molecule has 1 amide bonds. The van der Waals surface area contributed by atoms with Crippen LogP contribution < -0.4 is 12.4 Å². The highest BCUT2D eigenvalue weighted by molar-refractivity contribution is 5.80. The Morgan fingerprint density at radius 1 is 1.45 bits per heavy atom. The second kappa shape index (κ2) is 5.97. The van der Waals surface area contributed by atoms with E-state index >= 15 is 0 Å². The third kappa shape index (κ3) is 5.66. The molecule has 0 heterocycles. The summed E-state index contributed by atoms with van der Waals surface area (Å²) < 4.78 is 0. The molecule has 5 heteroatoms. The molecular weight excluding hydrogens is 170 g/mol. The van der Waals surface area contributed by atoms with E-state index in [1.807, 2.05) is 0 Å². The summed E-state index contributed by atoms with van der Waals surface area (Å²) in [6, 6.07) is 0. The second-order valence-corrected chi connectivity index (χ2v) is 2.00. The molecule has 0 bridgehead atoms.